The third kappa shape index (κ3) is 7.33. The maximum Gasteiger partial charge on any atom is 0.120 e. The molecule has 6 aromatic rings. The Morgan fingerprint density at radius 1 is 0.857 bits per heavy atom. The van der Waals surface area contributed by atoms with Gasteiger partial charge in [-0.05, 0) is 46.8 Å². The van der Waals surface area contributed by atoms with Gasteiger partial charge in [0.15, 0.2) is 0 Å². The molecule has 0 unspecified atom stereocenters. The molecule has 1 radical (unpaired) electrons. The molecule has 0 fully saturated rings. The molecule has 5 heteroatoms. The smallest absolute Gasteiger partial charge is 0.120 e. The van der Waals surface area contributed by atoms with Gasteiger partial charge in [0.05, 0.1) is 13.7 Å². The van der Waals surface area contributed by atoms with Crippen LogP contribution in [0.5, 0.6) is 0 Å². The topological polar surface area (TPSA) is 38.9 Å². The number of fused-ring (bicyclic) bond motifs is 3. The third-order valence-corrected chi connectivity index (χ3v) is 8.65. The van der Waals surface area contributed by atoms with Crippen LogP contribution < -0.4 is 5.19 Å². The molecule has 3 aromatic heterocycles. The van der Waals surface area contributed by atoms with E-state index in [1.807, 2.05) is 60.8 Å². The zero-order valence-electron chi connectivity index (χ0n) is 29.8. The minimum absolute atomic E-state index is 0. The summed E-state index contributed by atoms with van der Waals surface area (Å²) in [6, 6.07) is 31.5. The average Bonchev–Trinajstić information content (AvgIpc) is 3.39. The number of hydrogen-bond acceptors (Lipinski definition) is 3. The first-order valence-corrected chi connectivity index (χ1v) is 17.3. The number of hydrogen-bond donors (Lipinski definition) is 0. The Labute approximate surface area is 271 Å². The summed E-state index contributed by atoms with van der Waals surface area (Å²) < 4.78 is 47.1. The predicted molar refractivity (Wildman–Crippen MR) is 175 cm³/mol. The zero-order valence-corrected chi connectivity index (χ0v) is 28.2. The molecule has 0 aliphatic rings. The van der Waals surface area contributed by atoms with Crippen molar-refractivity contribution in [2.45, 2.75) is 53.6 Å². The van der Waals surface area contributed by atoms with Crippen LogP contribution in [-0.2, 0) is 26.5 Å². The quantitative estimate of drug-likeness (QED) is 0.133. The summed E-state index contributed by atoms with van der Waals surface area (Å²) in [6.07, 6.45) is 1.38. The molecule has 0 amide bonds. The van der Waals surface area contributed by atoms with Crippen LogP contribution in [0.2, 0.25) is 19.6 Å². The Hall–Kier alpha value is -3.37. The first kappa shape index (κ1) is 25.2. The Morgan fingerprint density at radius 3 is 2.29 bits per heavy atom. The van der Waals surface area contributed by atoms with Crippen LogP contribution in [0.1, 0.15) is 38.8 Å². The summed E-state index contributed by atoms with van der Waals surface area (Å²) in [5.41, 5.74) is 3.60. The SMILES string of the molecule is C[Si](C)(C)c1ccc(-c2[c-]cccc2)nc1.[2H]C([2H])([2H])c1cnc(-c2[c-]ccc3c2oc2ccccc23)cc1C([2H])([2H])C(C)(C)C.[Ir]. The molecule has 0 saturated heterocycles. The van der Waals surface area contributed by atoms with Crippen molar-refractivity contribution in [2.24, 2.45) is 5.41 Å². The van der Waals surface area contributed by atoms with Crippen molar-refractivity contribution in [3.63, 3.8) is 0 Å². The zero-order chi connectivity index (χ0) is 33.5. The summed E-state index contributed by atoms with van der Waals surface area (Å²) >= 11 is 0. The van der Waals surface area contributed by atoms with E-state index < -0.39 is 26.7 Å². The molecule has 0 aliphatic carbocycles. The van der Waals surface area contributed by atoms with Crippen LogP contribution in [0.4, 0.5) is 0 Å². The van der Waals surface area contributed by atoms with Crippen molar-refractivity contribution in [3.8, 4) is 22.5 Å². The van der Waals surface area contributed by atoms with E-state index in [4.69, 9.17) is 11.3 Å². The van der Waals surface area contributed by atoms with E-state index in [0.717, 1.165) is 27.6 Å². The fourth-order valence-corrected chi connectivity index (χ4v) is 5.56. The summed E-state index contributed by atoms with van der Waals surface area (Å²) in [7, 11) is -1.23. The number of aromatic nitrogens is 2. The Bertz CT molecular complexity index is 1980. The average molecular weight is 752 g/mol. The van der Waals surface area contributed by atoms with E-state index in [2.05, 4.69) is 53.9 Å². The third-order valence-electron chi connectivity index (χ3n) is 6.62. The molecule has 3 nitrogen and oxygen atoms in total. The Balaban J connectivity index is 0.000000249. The first-order chi connectivity index (χ1) is 21.5. The second-order valence-electron chi connectivity index (χ2n) is 12.1. The first-order valence-electron chi connectivity index (χ1n) is 16.3. The molecule has 0 saturated carbocycles. The summed E-state index contributed by atoms with van der Waals surface area (Å²) in [5.74, 6) is 0. The van der Waals surface area contributed by atoms with Gasteiger partial charge in [0.25, 0.3) is 0 Å². The van der Waals surface area contributed by atoms with Gasteiger partial charge in [0.2, 0.25) is 0 Å². The minimum atomic E-state index is -2.48. The number of furan rings is 1. The molecule has 0 atom stereocenters. The van der Waals surface area contributed by atoms with Gasteiger partial charge in [-0.2, -0.15) is 0 Å². The minimum Gasteiger partial charge on any atom is -0.501 e. The standard InChI is InChI=1S/C23H22NO.C14H16NSi.Ir/c1-15-14-24-20(12-16(15)13-23(2,3)4)19-10-7-9-18-17-8-5-6-11-21(17)25-22(18)19;1-16(2,3)13-9-10-14(15-11-13)12-7-5-4-6-8-12;/h5-9,11-12,14H,13H2,1-4H3;4-7,9-11H,1-3H3;/q2*-1;/i1D3,13D2;;. The van der Waals surface area contributed by atoms with Crippen LogP contribution in [-0.4, -0.2) is 18.0 Å². The maximum atomic E-state index is 8.70. The van der Waals surface area contributed by atoms with Crippen LogP contribution in [0.3, 0.4) is 0 Å². The number of rotatable bonds is 4. The largest absolute Gasteiger partial charge is 0.501 e. The fraction of sp³-hybridized carbons (Fsp3) is 0.243. The summed E-state index contributed by atoms with van der Waals surface area (Å²) in [5, 5.41) is 3.26. The number of nitrogens with zero attached hydrogens (tertiary/aromatic N) is 2. The molecule has 6 rings (SSSR count). The fourth-order valence-electron chi connectivity index (χ4n) is 4.53. The van der Waals surface area contributed by atoms with Crippen molar-refractivity contribution >= 4 is 35.2 Å². The molecule has 3 heterocycles. The Morgan fingerprint density at radius 2 is 1.62 bits per heavy atom. The monoisotopic (exact) mass is 752 g/mol. The molecule has 3 aromatic carbocycles. The summed E-state index contributed by atoms with van der Waals surface area (Å²) in [4.78, 5) is 8.89. The van der Waals surface area contributed by atoms with Crippen LogP contribution in [0.15, 0.2) is 95.7 Å². The van der Waals surface area contributed by atoms with Gasteiger partial charge < -0.3 is 14.4 Å². The van der Waals surface area contributed by atoms with Crippen LogP contribution in [0.25, 0.3) is 44.5 Å². The van der Waals surface area contributed by atoms with Crippen LogP contribution in [0, 0.1) is 24.4 Å². The molecule has 0 bridgehead atoms. The second kappa shape index (κ2) is 12.9. The Kier molecular flexibility index (Phi) is 7.71. The molecule has 0 N–H and O–H groups in total. The van der Waals surface area contributed by atoms with Gasteiger partial charge in [-0.25, -0.2) is 0 Å². The maximum absolute atomic E-state index is 8.70. The van der Waals surface area contributed by atoms with Gasteiger partial charge in [-0.3, -0.25) is 0 Å². The van der Waals surface area contributed by atoms with Gasteiger partial charge in [-0.15, -0.1) is 54.1 Å². The van der Waals surface area contributed by atoms with Crippen molar-refractivity contribution < 1.29 is 31.4 Å². The van der Waals surface area contributed by atoms with Crippen molar-refractivity contribution in [2.75, 3.05) is 0 Å². The summed E-state index contributed by atoms with van der Waals surface area (Å²) in [6.45, 7) is 9.77. The van der Waals surface area contributed by atoms with Gasteiger partial charge in [-0.1, -0.05) is 93.3 Å². The van der Waals surface area contributed by atoms with Crippen molar-refractivity contribution in [3.05, 3.63) is 115 Å². The van der Waals surface area contributed by atoms with Gasteiger partial charge in [0, 0.05) is 44.7 Å². The van der Waals surface area contributed by atoms with E-state index in [1.54, 1.807) is 26.8 Å². The number of benzene rings is 3. The normalized spacial score (nSPS) is 14.0. The van der Waals surface area contributed by atoms with Crippen molar-refractivity contribution in [1.82, 2.24) is 9.97 Å². The van der Waals surface area contributed by atoms with E-state index in [-0.39, 0.29) is 31.2 Å². The van der Waals surface area contributed by atoms with E-state index in [0.29, 0.717) is 16.8 Å². The molecule has 217 valence electrons. The van der Waals surface area contributed by atoms with E-state index >= 15 is 0 Å². The van der Waals surface area contributed by atoms with Crippen molar-refractivity contribution in [1.29, 1.82) is 0 Å². The van der Waals surface area contributed by atoms with E-state index in [1.165, 1.54) is 17.4 Å². The predicted octanol–water partition coefficient (Wildman–Crippen LogP) is 9.44. The number of aryl methyl sites for hydroxylation is 1. The molecular weight excluding hydrogens is 709 g/mol. The molecule has 0 spiro atoms. The second-order valence-corrected chi connectivity index (χ2v) is 17.2. The van der Waals surface area contributed by atoms with E-state index in [9.17, 15) is 0 Å². The van der Waals surface area contributed by atoms with Gasteiger partial charge >= 0.3 is 0 Å². The molecule has 42 heavy (non-hydrogen) atoms. The number of pyridine rings is 2. The van der Waals surface area contributed by atoms with Crippen LogP contribution >= 0.6 is 0 Å². The van der Waals surface area contributed by atoms with Gasteiger partial charge in [0.1, 0.15) is 5.58 Å². The molecular formula is C37H38IrN2OSi-2. The molecule has 0 aliphatic heterocycles. The number of para-hydroxylation sites is 1.